The number of halogens is 1. The van der Waals surface area contributed by atoms with Gasteiger partial charge in [0.05, 0.1) is 0 Å². The summed E-state index contributed by atoms with van der Waals surface area (Å²) >= 11 is 5.11. The van der Waals surface area contributed by atoms with Gasteiger partial charge in [-0.25, -0.2) is 4.98 Å². The maximum Gasteiger partial charge on any atom is 0.257 e. The quantitative estimate of drug-likeness (QED) is 0.578. The van der Waals surface area contributed by atoms with Crippen LogP contribution in [0.4, 0.5) is 0 Å². The van der Waals surface area contributed by atoms with E-state index in [1.54, 1.807) is 16.3 Å². The summed E-state index contributed by atoms with van der Waals surface area (Å²) in [6.07, 6.45) is 0. The molecule has 0 saturated carbocycles. The predicted molar refractivity (Wildman–Crippen MR) is 61.4 cm³/mol. The summed E-state index contributed by atoms with van der Waals surface area (Å²) in [4.78, 5) is 16.3. The van der Waals surface area contributed by atoms with Gasteiger partial charge in [0.25, 0.3) is 5.56 Å². The molecule has 1 aliphatic heterocycles. The molecule has 0 fully saturated rings. The molecule has 0 N–H and O–H groups in total. The molecular formula is C9H11BrN2OS. The molecule has 5 heteroatoms. The number of nitrogens with zero attached hydrogens (tertiary/aromatic N) is 2. The van der Waals surface area contributed by atoms with Crippen molar-refractivity contribution in [3.63, 3.8) is 0 Å². The average Bonchev–Trinajstić information content (AvgIpc) is 2.57. The molecule has 2 heterocycles. The third kappa shape index (κ3) is 1.52. The lowest BCUT2D eigenvalue weighted by atomic mass is 10.3. The molecule has 0 amide bonds. The first-order chi connectivity index (χ1) is 6.63. The van der Waals surface area contributed by atoms with Crippen LogP contribution in [-0.4, -0.2) is 20.1 Å². The van der Waals surface area contributed by atoms with Crippen LogP contribution in [0.5, 0.6) is 0 Å². The van der Waals surface area contributed by atoms with Crippen LogP contribution in [0.15, 0.2) is 9.95 Å². The Hall–Kier alpha value is -0.290. The number of thioether (sulfide) groups is 1. The third-order valence-corrected chi connectivity index (χ3v) is 4.82. The number of aryl methyl sites for hydroxylation is 1. The van der Waals surface area contributed by atoms with Crippen LogP contribution >= 0.6 is 27.7 Å². The van der Waals surface area contributed by atoms with Gasteiger partial charge in [0.1, 0.15) is 0 Å². The predicted octanol–water partition coefficient (Wildman–Crippen LogP) is 1.73. The van der Waals surface area contributed by atoms with E-state index in [2.05, 4.69) is 20.9 Å². The van der Waals surface area contributed by atoms with Gasteiger partial charge in [-0.15, -0.1) is 0 Å². The Bertz CT molecular complexity index is 430. The molecule has 1 unspecified atom stereocenters. The van der Waals surface area contributed by atoms with Crippen molar-refractivity contribution in [2.75, 3.05) is 5.33 Å². The number of rotatable bonds is 1. The Morgan fingerprint density at radius 3 is 3.00 bits per heavy atom. The lowest BCUT2D eigenvalue weighted by Gasteiger charge is -2.04. The molecule has 0 bridgehead atoms. The van der Waals surface area contributed by atoms with Crippen molar-refractivity contribution in [3.05, 3.63) is 21.6 Å². The molecule has 1 atom stereocenters. The van der Waals surface area contributed by atoms with E-state index in [1.807, 2.05) is 13.8 Å². The van der Waals surface area contributed by atoms with Gasteiger partial charge in [0.2, 0.25) is 0 Å². The topological polar surface area (TPSA) is 34.9 Å². The monoisotopic (exact) mass is 274 g/mol. The van der Waals surface area contributed by atoms with Crippen molar-refractivity contribution in [2.24, 2.45) is 0 Å². The molecule has 0 spiro atoms. The van der Waals surface area contributed by atoms with Crippen molar-refractivity contribution in [1.29, 1.82) is 0 Å². The average molecular weight is 275 g/mol. The highest BCUT2D eigenvalue weighted by Crippen LogP contribution is 2.30. The fourth-order valence-corrected chi connectivity index (χ4v) is 3.11. The van der Waals surface area contributed by atoms with Gasteiger partial charge in [-0.1, -0.05) is 27.7 Å². The van der Waals surface area contributed by atoms with Crippen molar-refractivity contribution >= 4 is 27.7 Å². The highest BCUT2D eigenvalue weighted by atomic mass is 79.9. The smallest absolute Gasteiger partial charge is 0.257 e. The van der Waals surface area contributed by atoms with E-state index in [0.717, 1.165) is 28.3 Å². The fraction of sp³-hybridized carbons (Fsp3) is 0.556. The standard InChI is InChI=1S/C9H11BrN2OS/c1-5-6(2)11-9-12(8(5)13)4-7(3-10)14-9/h7H,3-4H2,1-2H3. The van der Waals surface area contributed by atoms with E-state index in [-0.39, 0.29) is 5.56 Å². The summed E-state index contributed by atoms with van der Waals surface area (Å²) in [5.41, 5.74) is 1.73. The minimum Gasteiger partial charge on any atom is -0.286 e. The maximum atomic E-state index is 11.8. The zero-order chi connectivity index (χ0) is 10.3. The van der Waals surface area contributed by atoms with Crippen molar-refractivity contribution in [2.45, 2.75) is 30.8 Å². The SMILES string of the molecule is Cc1nc2n(c(=O)c1C)CC(CBr)S2. The molecule has 14 heavy (non-hydrogen) atoms. The second-order valence-corrected chi connectivity index (χ2v) is 5.33. The van der Waals surface area contributed by atoms with Gasteiger partial charge in [-0.2, -0.15) is 0 Å². The second kappa shape index (κ2) is 3.70. The van der Waals surface area contributed by atoms with Crippen molar-refractivity contribution in [3.8, 4) is 0 Å². The normalized spacial score (nSPS) is 19.8. The first kappa shape index (κ1) is 10.2. The molecule has 3 nitrogen and oxygen atoms in total. The Morgan fingerprint density at radius 1 is 1.64 bits per heavy atom. The third-order valence-electron chi connectivity index (χ3n) is 2.43. The fourth-order valence-electron chi connectivity index (χ4n) is 1.45. The van der Waals surface area contributed by atoms with Gasteiger partial charge in [-0.05, 0) is 13.8 Å². The summed E-state index contributed by atoms with van der Waals surface area (Å²) in [5, 5.41) is 2.21. The van der Waals surface area contributed by atoms with Gasteiger partial charge < -0.3 is 0 Å². The van der Waals surface area contributed by atoms with Crippen LogP contribution in [0, 0.1) is 13.8 Å². The molecule has 76 valence electrons. The largest absolute Gasteiger partial charge is 0.286 e. The number of fused-ring (bicyclic) bond motifs is 1. The van der Waals surface area contributed by atoms with E-state index < -0.39 is 0 Å². The summed E-state index contributed by atoms with van der Waals surface area (Å²) in [6.45, 7) is 4.50. The highest BCUT2D eigenvalue weighted by molar-refractivity contribution is 9.09. The van der Waals surface area contributed by atoms with Crippen LogP contribution in [0.1, 0.15) is 11.3 Å². The van der Waals surface area contributed by atoms with Gasteiger partial charge in [-0.3, -0.25) is 9.36 Å². The lowest BCUT2D eigenvalue weighted by molar-refractivity contribution is 0.611. The molecule has 0 radical (unpaired) electrons. The van der Waals surface area contributed by atoms with Crippen molar-refractivity contribution < 1.29 is 0 Å². The van der Waals surface area contributed by atoms with Crippen LogP contribution in [0.2, 0.25) is 0 Å². The summed E-state index contributed by atoms with van der Waals surface area (Å²) in [6, 6.07) is 0. The van der Waals surface area contributed by atoms with E-state index in [1.165, 1.54) is 0 Å². The van der Waals surface area contributed by atoms with Gasteiger partial charge in [0.15, 0.2) is 5.16 Å². The molecule has 0 aliphatic carbocycles. The molecule has 0 saturated heterocycles. The number of alkyl halides is 1. The minimum absolute atomic E-state index is 0.114. The Labute approximate surface area is 95.1 Å². The zero-order valence-electron chi connectivity index (χ0n) is 8.08. The van der Waals surface area contributed by atoms with Crippen LogP contribution in [-0.2, 0) is 6.54 Å². The van der Waals surface area contributed by atoms with E-state index in [4.69, 9.17) is 0 Å². The molecule has 1 aliphatic rings. The second-order valence-electron chi connectivity index (χ2n) is 3.41. The maximum absolute atomic E-state index is 11.8. The summed E-state index contributed by atoms with van der Waals surface area (Å²) in [5.74, 6) is 0. The molecule has 0 aromatic carbocycles. The number of hydrogen-bond donors (Lipinski definition) is 0. The number of hydrogen-bond acceptors (Lipinski definition) is 3. The minimum atomic E-state index is 0.114. The van der Waals surface area contributed by atoms with Crippen molar-refractivity contribution in [1.82, 2.24) is 9.55 Å². The molecule has 2 rings (SSSR count). The van der Waals surface area contributed by atoms with E-state index in [9.17, 15) is 4.79 Å². The lowest BCUT2D eigenvalue weighted by Crippen LogP contribution is -2.25. The molecule has 1 aromatic heterocycles. The van der Waals surface area contributed by atoms with Gasteiger partial charge in [0, 0.05) is 28.4 Å². The summed E-state index contributed by atoms with van der Waals surface area (Å²) < 4.78 is 1.78. The number of aromatic nitrogens is 2. The first-order valence-corrected chi connectivity index (χ1v) is 6.44. The highest BCUT2D eigenvalue weighted by Gasteiger charge is 2.24. The van der Waals surface area contributed by atoms with E-state index in [0.29, 0.717) is 5.25 Å². The van der Waals surface area contributed by atoms with Gasteiger partial charge >= 0.3 is 0 Å². The van der Waals surface area contributed by atoms with E-state index >= 15 is 0 Å². The first-order valence-electron chi connectivity index (χ1n) is 4.44. The van der Waals surface area contributed by atoms with Crippen LogP contribution in [0.3, 0.4) is 0 Å². The Balaban J connectivity index is 2.53. The molecular weight excluding hydrogens is 264 g/mol. The summed E-state index contributed by atoms with van der Waals surface area (Å²) in [7, 11) is 0. The Kier molecular flexibility index (Phi) is 2.70. The molecule has 1 aromatic rings. The van der Waals surface area contributed by atoms with Crippen LogP contribution < -0.4 is 5.56 Å². The zero-order valence-corrected chi connectivity index (χ0v) is 10.5. The Morgan fingerprint density at radius 2 is 2.36 bits per heavy atom. The van der Waals surface area contributed by atoms with Crippen LogP contribution in [0.25, 0.3) is 0 Å².